The van der Waals surface area contributed by atoms with Gasteiger partial charge in [0.25, 0.3) is 0 Å². The van der Waals surface area contributed by atoms with Crippen LogP contribution in [0.5, 0.6) is 0 Å². The maximum absolute atomic E-state index is 10.3. The summed E-state index contributed by atoms with van der Waals surface area (Å²) in [6, 6.07) is 4.12. The van der Waals surface area contributed by atoms with Crippen LogP contribution in [-0.2, 0) is 6.54 Å². The number of hydrogen-bond acceptors (Lipinski definition) is 3. The molecule has 0 radical (unpaired) electrons. The zero-order valence-corrected chi connectivity index (χ0v) is 15.0. The second-order valence-electron chi connectivity index (χ2n) is 5.06. The van der Waals surface area contributed by atoms with E-state index in [2.05, 4.69) is 27.1 Å². The highest BCUT2D eigenvalue weighted by Crippen LogP contribution is 2.28. The van der Waals surface area contributed by atoms with E-state index in [1.807, 2.05) is 13.0 Å². The van der Waals surface area contributed by atoms with Crippen molar-refractivity contribution in [3.05, 3.63) is 22.4 Å². The molecule has 1 aromatic rings. The minimum absolute atomic E-state index is 0. The van der Waals surface area contributed by atoms with Gasteiger partial charge in [-0.1, -0.05) is 18.9 Å². The molecular weight excluding hydrogens is 385 g/mol. The van der Waals surface area contributed by atoms with Gasteiger partial charge in [0.1, 0.15) is 0 Å². The first-order valence-electron chi connectivity index (χ1n) is 6.99. The van der Waals surface area contributed by atoms with Gasteiger partial charge in [-0.05, 0) is 31.2 Å². The van der Waals surface area contributed by atoms with Crippen LogP contribution in [0.3, 0.4) is 0 Å². The minimum atomic E-state index is -0.543. The molecule has 1 fully saturated rings. The van der Waals surface area contributed by atoms with E-state index >= 15 is 0 Å². The SMILES string of the molecule is CCNC(=NCc1cccs1)NCC1(O)CCCC1.I. The molecule has 0 saturated heterocycles. The predicted molar refractivity (Wildman–Crippen MR) is 96.0 cm³/mol. The summed E-state index contributed by atoms with van der Waals surface area (Å²) in [6.07, 6.45) is 4.04. The molecule has 2 rings (SSSR count). The predicted octanol–water partition coefficient (Wildman–Crippen LogP) is 2.73. The number of aliphatic imine (C=N–C) groups is 1. The third kappa shape index (κ3) is 5.57. The number of halogens is 1. The molecule has 0 spiro atoms. The van der Waals surface area contributed by atoms with E-state index in [9.17, 15) is 5.11 Å². The van der Waals surface area contributed by atoms with Gasteiger partial charge in [-0.2, -0.15) is 0 Å². The normalized spacial score (nSPS) is 17.6. The molecule has 20 heavy (non-hydrogen) atoms. The average molecular weight is 409 g/mol. The molecular formula is C14H24IN3OS. The molecule has 4 nitrogen and oxygen atoms in total. The molecule has 0 amide bonds. The van der Waals surface area contributed by atoms with E-state index < -0.39 is 5.60 Å². The Morgan fingerprint density at radius 2 is 2.15 bits per heavy atom. The Morgan fingerprint density at radius 1 is 1.40 bits per heavy atom. The van der Waals surface area contributed by atoms with Crippen molar-refractivity contribution in [1.82, 2.24) is 10.6 Å². The molecule has 0 atom stereocenters. The lowest BCUT2D eigenvalue weighted by Gasteiger charge is -2.23. The quantitative estimate of drug-likeness (QED) is 0.398. The fourth-order valence-corrected chi connectivity index (χ4v) is 2.99. The Labute approximate surface area is 142 Å². The van der Waals surface area contributed by atoms with Crippen molar-refractivity contribution in [2.75, 3.05) is 13.1 Å². The number of rotatable bonds is 5. The van der Waals surface area contributed by atoms with Crippen molar-refractivity contribution >= 4 is 41.3 Å². The lowest BCUT2D eigenvalue weighted by Crippen LogP contribution is -2.45. The molecule has 0 bridgehead atoms. The van der Waals surface area contributed by atoms with E-state index in [-0.39, 0.29) is 24.0 Å². The van der Waals surface area contributed by atoms with Gasteiger partial charge in [0.05, 0.1) is 12.1 Å². The number of nitrogens with one attached hydrogen (secondary N) is 2. The van der Waals surface area contributed by atoms with Crippen molar-refractivity contribution in [1.29, 1.82) is 0 Å². The zero-order chi connectivity index (χ0) is 13.6. The van der Waals surface area contributed by atoms with E-state index in [4.69, 9.17) is 0 Å². The molecule has 0 unspecified atom stereocenters. The summed E-state index contributed by atoms with van der Waals surface area (Å²) < 4.78 is 0. The van der Waals surface area contributed by atoms with Crippen LogP contribution in [0.1, 0.15) is 37.5 Å². The van der Waals surface area contributed by atoms with Gasteiger partial charge in [0, 0.05) is 18.0 Å². The van der Waals surface area contributed by atoms with Crippen LogP contribution in [0.25, 0.3) is 0 Å². The first kappa shape index (κ1) is 17.7. The highest BCUT2D eigenvalue weighted by Gasteiger charge is 2.30. The molecule has 0 aromatic carbocycles. The fraction of sp³-hybridized carbons (Fsp3) is 0.643. The summed E-state index contributed by atoms with van der Waals surface area (Å²) in [5, 5.41) is 18.9. The van der Waals surface area contributed by atoms with Crippen molar-refractivity contribution in [3.63, 3.8) is 0 Å². The maximum Gasteiger partial charge on any atom is 0.191 e. The molecule has 1 saturated carbocycles. The second-order valence-corrected chi connectivity index (χ2v) is 6.09. The van der Waals surface area contributed by atoms with Crippen molar-refractivity contribution in [2.45, 2.75) is 44.8 Å². The van der Waals surface area contributed by atoms with Gasteiger partial charge < -0.3 is 15.7 Å². The van der Waals surface area contributed by atoms with Gasteiger partial charge >= 0.3 is 0 Å². The monoisotopic (exact) mass is 409 g/mol. The molecule has 6 heteroatoms. The second kappa shape index (κ2) is 8.84. The fourth-order valence-electron chi connectivity index (χ4n) is 2.36. The summed E-state index contributed by atoms with van der Waals surface area (Å²) in [5.41, 5.74) is -0.543. The average Bonchev–Trinajstić information content (AvgIpc) is 3.05. The van der Waals surface area contributed by atoms with Crippen LogP contribution in [0.2, 0.25) is 0 Å². The summed E-state index contributed by atoms with van der Waals surface area (Å²) in [6.45, 7) is 4.15. The Bertz CT molecular complexity index is 403. The van der Waals surface area contributed by atoms with Crippen LogP contribution in [-0.4, -0.2) is 29.8 Å². The first-order chi connectivity index (χ1) is 9.22. The largest absolute Gasteiger partial charge is 0.388 e. The van der Waals surface area contributed by atoms with Gasteiger partial charge in [-0.25, -0.2) is 4.99 Å². The van der Waals surface area contributed by atoms with Gasteiger partial charge in [0.2, 0.25) is 0 Å². The van der Waals surface area contributed by atoms with E-state index in [1.54, 1.807) is 11.3 Å². The standard InChI is InChI=1S/C14H23N3OS.HI/c1-2-15-13(16-10-12-6-5-9-19-12)17-11-14(18)7-3-4-8-14;/h5-6,9,18H,2-4,7-8,10-11H2,1H3,(H2,15,16,17);1H. The summed E-state index contributed by atoms with van der Waals surface area (Å²) >= 11 is 1.71. The lowest BCUT2D eigenvalue weighted by molar-refractivity contribution is 0.0522. The van der Waals surface area contributed by atoms with Crippen molar-refractivity contribution in [3.8, 4) is 0 Å². The van der Waals surface area contributed by atoms with Crippen LogP contribution >= 0.6 is 35.3 Å². The smallest absolute Gasteiger partial charge is 0.191 e. The first-order valence-corrected chi connectivity index (χ1v) is 7.87. The molecule has 1 aliphatic carbocycles. The van der Waals surface area contributed by atoms with E-state index in [0.717, 1.165) is 38.2 Å². The highest BCUT2D eigenvalue weighted by atomic mass is 127. The molecule has 0 aliphatic heterocycles. The molecule has 3 N–H and O–H groups in total. The van der Waals surface area contributed by atoms with Gasteiger partial charge in [-0.15, -0.1) is 35.3 Å². The zero-order valence-electron chi connectivity index (χ0n) is 11.9. The summed E-state index contributed by atoms with van der Waals surface area (Å²) in [7, 11) is 0. The Morgan fingerprint density at radius 3 is 2.75 bits per heavy atom. The van der Waals surface area contributed by atoms with E-state index in [0.29, 0.717) is 13.1 Å². The van der Waals surface area contributed by atoms with E-state index in [1.165, 1.54) is 4.88 Å². The molecule has 1 heterocycles. The lowest BCUT2D eigenvalue weighted by atomic mass is 10.0. The molecule has 114 valence electrons. The van der Waals surface area contributed by atoms with Gasteiger partial charge in [-0.3, -0.25) is 0 Å². The van der Waals surface area contributed by atoms with Crippen LogP contribution in [0.15, 0.2) is 22.5 Å². The van der Waals surface area contributed by atoms with Crippen LogP contribution in [0, 0.1) is 0 Å². The van der Waals surface area contributed by atoms with Crippen molar-refractivity contribution in [2.24, 2.45) is 4.99 Å². The van der Waals surface area contributed by atoms with Crippen LogP contribution in [0.4, 0.5) is 0 Å². The third-order valence-electron chi connectivity index (χ3n) is 3.44. The minimum Gasteiger partial charge on any atom is -0.388 e. The summed E-state index contributed by atoms with van der Waals surface area (Å²) in [5.74, 6) is 0.788. The Balaban J connectivity index is 0.00000200. The topological polar surface area (TPSA) is 56.7 Å². The Kier molecular flexibility index (Phi) is 7.83. The maximum atomic E-state index is 10.3. The highest BCUT2D eigenvalue weighted by molar-refractivity contribution is 14.0. The van der Waals surface area contributed by atoms with Crippen molar-refractivity contribution < 1.29 is 5.11 Å². The molecule has 1 aromatic heterocycles. The van der Waals surface area contributed by atoms with Crippen LogP contribution < -0.4 is 10.6 Å². The summed E-state index contributed by atoms with van der Waals surface area (Å²) in [4.78, 5) is 5.79. The number of hydrogen-bond donors (Lipinski definition) is 3. The number of aliphatic hydroxyl groups is 1. The van der Waals surface area contributed by atoms with Gasteiger partial charge in [0.15, 0.2) is 5.96 Å². The molecule has 1 aliphatic rings. The number of thiophene rings is 1. The number of nitrogens with zero attached hydrogens (tertiary/aromatic N) is 1. The Hall–Kier alpha value is -0.340. The number of guanidine groups is 1. The third-order valence-corrected chi connectivity index (χ3v) is 4.30.